The Balaban J connectivity index is 1.41. The van der Waals surface area contributed by atoms with E-state index in [2.05, 4.69) is 41.3 Å². The zero-order valence-corrected chi connectivity index (χ0v) is 22.5. The summed E-state index contributed by atoms with van der Waals surface area (Å²) in [7, 11) is 0. The second kappa shape index (κ2) is 11.9. The van der Waals surface area contributed by atoms with Crippen LogP contribution in [0.4, 0.5) is 20.5 Å². The number of rotatable bonds is 9. The van der Waals surface area contributed by atoms with Crippen LogP contribution >= 0.6 is 0 Å². The molecule has 2 aromatic heterocycles. The minimum atomic E-state index is -2.74. The van der Waals surface area contributed by atoms with Gasteiger partial charge in [0.2, 0.25) is 5.95 Å². The molecule has 1 saturated carbocycles. The summed E-state index contributed by atoms with van der Waals surface area (Å²) >= 11 is 0. The third-order valence-electron chi connectivity index (χ3n) is 7.58. The van der Waals surface area contributed by atoms with Crippen LogP contribution in [0.1, 0.15) is 58.7 Å². The molecule has 0 radical (unpaired) electrons. The number of hydrogen-bond donors (Lipinski definition) is 2. The third-order valence-corrected chi connectivity index (χ3v) is 7.58. The van der Waals surface area contributed by atoms with Crippen LogP contribution in [0.2, 0.25) is 0 Å². The van der Waals surface area contributed by atoms with E-state index in [0.717, 1.165) is 38.8 Å². The van der Waals surface area contributed by atoms with Crippen molar-refractivity contribution in [3.05, 3.63) is 36.2 Å². The van der Waals surface area contributed by atoms with Crippen LogP contribution in [0, 0.1) is 11.8 Å². The van der Waals surface area contributed by atoms with Crippen molar-refractivity contribution in [2.24, 2.45) is 11.8 Å². The number of benzene rings is 1. The van der Waals surface area contributed by atoms with Gasteiger partial charge in [-0.3, -0.25) is 4.57 Å². The molecule has 1 atom stereocenters. The highest BCUT2D eigenvalue weighted by Crippen LogP contribution is 2.30. The summed E-state index contributed by atoms with van der Waals surface area (Å²) in [6.07, 6.45) is 1.86. The number of nitrogens with zero attached hydrogens (tertiary/aromatic N) is 5. The van der Waals surface area contributed by atoms with Crippen molar-refractivity contribution in [2.75, 3.05) is 43.1 Å². The van der Waals surface area contributed by atoms with Crippen molar-refractivity contribution in [3.63, 3.8) is 0 Å². The molecule has 2 aliphatic rings. The van der Waals surface area contributed by atoms with Gasteiger partial charge in [-0.2, -0.15) is 9.97 Å². The van der Waals surface area contributed by atoms with Crippen LogP contribution in [-0.2, 0) is 4.74 Å². The highest BCUT2D eigenvalue weighted by Gasteiger charge is 2.26. The molecular formula is C28H39F2N7O. The van der Waals surface area contributed by atoms with Crippen molar-refractivity contribution in [3.8, 4) is 5.82 Å². The number of anilines is 2. The number of fused-ring (bicyclic) bond motifs is 1. The van der Waals surface area contributed by atoms with Crippen molar-refractivity contribution in [1.29, 1.82) is 0 Å². The van der Waals surface area contributed by atoms with Gasteiger partial charge in [0.25, 0.3) is 6.43 Å². The first-order valence-corrected chi connectivity index (χ1v) is 13.9. The smallest absolute Gasteiger partial charge is 0.296 e. The van der Waals surface area contributed by atoms with Gasteiger partial charge in [0.15, 0.2) is 5.82 Å². The maximum absolute atomic E-state index is 14.1. The Morgan fingerprint density at radius 3 is 2.55 bits per heavy atom. The number of imidazole rings is 1. The first-order valence-electron chi connectivity index (χ1n) is 13.9. The fourth-order valence-electron chi connectivity index (χ4n) is 5.47. The number of alkyl halides is 2. The average Bonchev–Trinajstić information content (AvgIpc) is 3.32. The van der Waals surface area contributed by atoms with Crippen molar-refractivity contribution in [2.45, 2.75) is 65.0 Å². The largest absolute Gasteiger partial charge is 0.377 e. The fourth-order valence-corrected chi connectivity index (χ4v) is 5.47. The Morgan fingerprint density at radius 1 is 1.05 bits per heavy atom. The zero-order valence-electron chi connectivity index (χ0n) is 22.5. The number of halogens is 2. The number of hydrogen-bond acceptors (Lipinski definition) is 7. The SMILES string of the molecule is CC(C)CNC1CCC(CNc2nc(N3CCOC[C@@H]3C)cc(-n3c(C(F)F)nc4ccccc43)n2)CC1. The standard InChI is InChI=1S/C28H39F2N7O/c1-18(2)15-31-21-10-8-20(9-11-21)16-32-28-34-24(36-12-13-38-17-19(36)3)14-25(35-28)37-23-7-5-4-6-22(23)33-27(37)26(29)30/h4-7,14,18-21,26,31H,8-13,15-17H2,1-3H3,(H,32,34,35)/t19-,20?,21?/m0/s1. The molecule has 0 bridgehead atoms. The van der Waals surface area contributed by atoms with E-state index in [9.17, 15) is 8.78 Å². The molecule has 2 N–H and O–H groups in total. The summed E-state index contributed by atoms with van der Waals surface area (Å²) in [6.45, 7) is 10.2. The molecule has 5 rings (SSSR count). The van der Waals surface area contributed by atoms with Crippen LogP contribution in [0.3, 0.4) is 0 Å². The van der Waals surface area contributed by atoms with E-state index in [4.69, 9.17) is 14.7 Å². The lowest BCUT2D eigenvalue weighted by Crippen LogP contribution is -2.44. The van der Waals surface area contributed by atoms with E-state index < -0.39 is 6.43 Å². The number of aromatic nitrogens is 4. The minimum Gasteiger partial charge on any atom is -0.377 e. The molecular weight excluding hydrogens is 488 g/mol. The van der Waals surface area contributed by atoms with E-state index in [-0.39, 0.29) is 11.9 Å². The van der Waals surface area contributed by atoms with E-state index in [1.165, 1.54) is 4.57 Å². The highest BCUT2D eigenvalue weighted by molar-refractivity contribution is 5.78. The molecule has 1 saturated heterocycles. The molecule has 2 fully saturated rings. The summed E-state index contributed by atoms with van der Waals surface area (Å²) in [6, 6.07) is 9.66. The van der Waals surface area contributed by atoms with Crippen LogP contribution in [0.5, 0.6) is 0 Å². The van der Waals surface area contributed by atoms with Gasteiger partial charge < -0.3 is 20.3 Å². The quantitative estimate of drug-likeness (QED) is 0.396. The topological polar surface area (TPSA) is 80.1 Å². The number of morpholine rings is 1. The van der Waals surface area contributed by atoms with Crippen LogP contribution < -0.4 is 15.5 Å². The second-order valence-corrected chi connectivity index (χ2v) is 11.0. The minimum absolute atomic E-state index is 0.113. The summed E-state index contributed by atoms with van der Waals surface area (Å²) in [5.41, 5.74) is 1.11. The van der Waals surface area contributed by atoms with E-state index >= 15 is 0 Å². The van der Waals surface area contributed by atoms with Crippen LogP contribution in [0.15, 0.2) is 30.3 Å². The molecule has 1 aliphatic heterocycles. The summed E-state index contributed by atoms with van der Waals surface area (Å²) < 4.78 is 35.3. The maximum Gasteiger partial charge on any atom is 0.296 e. The first kappa shape index (κ1) is 26.7. The molecule has 8 nitrogen and oxygen atoms in total. The monoisotopic (exact) mass is 527 g/mol. The molecule has 1 aromatic carbocycles. The predicted octanol–water partition coefficient (Wildman–Crippen LogP) is 5.19. The highest BCUT2D eigenvalue weighted by atomic mass is 19.3. The molecule has 3 aromatic rings. The number of nitrogens with one attached hydrogen (secondary N) is 2. The average molecular weight is 528 g/mol. The summed E-state index contributed by atoms with van der Waals surface area (Å²) in [5, 5.41) is 7.14. The lowest BCUT2D eigenvalue weighted by molar-refractivity contribution is 0.0985. The lowest BCUT2D eigenvalue weighted by Gasteiger charge is -2.34. The molecule has 0 spiro atoms. The second-order valence-electron chi connectivity index (χ2n) is 11.0. The van der Waals surface area contributed by atoms with Crippen LogP contribution in [-0.4, -0.2) is 64.5 Å². The lowest BCUT2D eigenvalue weighted by atomic mass is 9.86. The van der Waals surface area contributed by atoms with Gasteiger partial charge in [-0.15, -0.1) is 0 Å². The van der Waals surface area contributed by atoms with Gasteiger partial charge in [-0.25, -0.2) is 13.8 Å². The van der Waals surface area contributed by atoms with Crippen molar-refractivity contribution < 1.29 is 13.5 Å². The predicted molar refractivity (Wildman–Crippen MR) is 146 cm³/mol. The van der Waals surface area contributed by atoms with Crippen molar-refractivity contribution in [1.82, 2.24) is 24.8 Å². The molecule has 3 heterocycles. The van der Waals surface area contributed by atoms with Gasteiger partial charge in [-0.05, 0) is 63.1 Å². The van der Waals surface area contributed by atoms with Gasteiger partial charge in [0.1, 0.15) is 11.6 Å². The van der Waals surface area contributed by atoms with Crippen LogP contribution in [0.25, 0.3) is 16.9 Å². The molecule has 38 heavy (non-hydrogen) atoms. The Hall–Kier alpha value is -2.85. The van der Waals surface area contributed by atoms with Gasteiger partial charge in [0.05, 0.1) is 30.3 Å². The van der Waals surface area contributed by atoms with E-state index in [1.54, 1.807) is 24.3 Å². The summed E-state index contributed by atoms with van der Waals surface area (Å²) in [4.78, 5) is 15.9. The molecule has 206 valence electrons. The molecule has 1 aliphatic carbocycles. The third kappa shape index (κ3) is 6.07. The number of para-hydroxylation sites is 2. The van der Waals surface area contributed by atoms with Gasteiger partial charge >= 0.3 is 0 Å². The van der Waals surface area contributed by atoms with Gasteiger partial charge in [0, 0.05) is 25.2 Å². The normalized spacial score (nSPS) is 22.5. The Morgan fingerprint density at radius 2 is 1.82 bits per heavy atom. The molecule has 10 heteroatoms. The summed E-state index contributed by atoms with van der Waals surface area (Å²) in [5.74, 6) is 2.41. The Labute approximate surface area is 223 Å². The number of ether oxygens (including phenoxy) is 1. The molecule has 0 unspecified atom stereocenters. The van der Waals surface area contributed by atoms with E-state index in [1.807, 2.05) is 6.07 Å². The Kier molecular flexibility index (Phi) is 8.38. The first-order chi connectivity index (χ1) is 18.4. The maximum atomic E-state index is 14.1. The Bertz CT molecular complexity index is 1210. The fraction of sp³-hybridized carbons (Fsp3) is 0.607. The molecule has 0 amide bonds. The zero-order chi connectivity index (χ0) is 26.6. The van der Waals surface area contributed by atoms with E-state index in [0.29, 0.717) is 66.3 Å². The van der Waals surface area contributed by atoms with Crippen molar-refractivity contribution >= 4 is 22.8 Å². The van der Waals surface area contributed by atoms with Gasteiger partial charge in [-0.1, -0.05) is 26.0 Å².